The molecule has 3 rings (SSSR count). The minimum Gasteiger partial charge on any atom is -0.493 e. The van der Waals surface area contributed by atoms with Crippen LogP contribution >= 0.6 is 11.6 Å². The van der Waals surface area contributed by atoms with Crippen LogP contribution in [0.2, 0.25) is 0 Å². The smallest absolute Gasteiger partial charge is 0.123 e. The van der Waals surface area contributed by atoms with E-state index in [9.17, 15) is 4.39 Å². The molecule has 4 heteroatoms. The van der Waals surface area contributed by atoms with Crippen molar-refractivity contribution in [1.82, 2.24) is 0 Å². The maximum Gasteiger partial charge on any atom is 0.123 e. The third-order valence-corrected chi connectivity index (χ3v) is 3.86. The van der Waals surface area contributed by atoms with E-state index in [0.29, 0.717) is 17.9 Å². The number of halogens is 2. The minimum absolute atomic E-state index is 0.239. The molecule has 0 saturated carbocycles. The molecular formula is C17H16ClFO2. The number of fused-ring (bicyclic) bond motifs is 1. The van der Waals surface area contributed by atoms with E-state index < -0.39 is 0 Å². The van der Waals surface area contributed by atoms with Crippen LogP contribution in [0.3, 0.4) is 0 Å². The Labute approximate surface area is 128 Å². The second-order valence-corrected chi connectivity index (χ2v) is 5.29. The summed E-state index contributed by atoms with van der Waals surface area (Å²) in [5.74, 6) is 1.58. The van der Waals surface area contributed by atoms with Gasteiger partial charge in [-0.25, -0.2) is 4.39 Å². The number of hydrogen-bond acceptors (Lipinski definition) is 2. The minimum atomic E-state index is -0.295. The Morgan fingerprint density at radius 3 is 2.95 bits per heavy atom. The molecule has 0 N–H and O–H groups in total. The van der Waals surface area contributed by atoms with Crippen LogP contribution < -0.4 is 9.47 Å². The SMILES string of the molecule is Fc1ccc(OCCc2ccc3c(c2)CCO3)c(CCl)c1. The van der Waals surface area contributed by atoms with Crippen molar-refractivity contribution in [3.8, 4) is 11.5 Å². The summed E-state index contributed by atoms with van der Waals surface area (Å²) in [6.07, 6.45) is 1.77. The molecule has 1 aliphatic heterocycles. The quantitative estimate of drug-likeness (QED) is 0.774. The molecule has 0 saturated heterocycles. The number of hydrogen-bond donors (Lipinski definition) is 0. The van der Waals surface area contributed by atoms with E-state index in [1.807, 2.05) is 6.07 Å². The van der Waals surface area contributed by atoms with Crippen molar-refractivity contribution >= 4 is 11.6 Å². The Balaban J connectivity index is 1.61. The van der Waals surface area contributed by atoms with Gasteiger partial charge in [-0.15, -0.1) is 11.6 Å². The molecular weight excluding hydrogens is 291 g/mol. The van der Waals surface area contributed by atoms with E-state index in [0.717, 1.165) is 25.2 Å². The van der Waals surface area contributed by atoms with Crippen molar-refractivity contribution in [3.05, 3.63) is 58.9 Å². The average Bonchev–Trinajstić information content (AvgIpc) is 2.96. The highest BCUT2D eigenvalue weighted by molar-refractivity contribution is 6.17. The zero-order valence-corrected chi connectivity index (χ0v) is 12.3. The molecule has 110 valence electrons. The Morgan fingerprint density at radius 2 is 2.10 bits per heavy atom. The van der Waals surface area contributed by atoms with Crippen LogP contribution in [0.4, 0.5) is 4.39 Å². The van der Waals surface area contributed by atoms with E-state index in [4.69, 9.17) is 21.1 Å². The molecule has 0 bridgehead atoms. The predicted molar refractivity (Wildman–Crippen MR) is 80.8 cm³/mol. The van der Waals surface area contributed by atoms with Crippen molar-refractivity contribution in [3.63, 3.8) is 0 Å². The first-order chi connectivity index (χ1) is 10.3. The molecule has 2 aromatic carbocycles. The van der Waals surface area contributed by atoms with Crippen LogP contribution in [-0.4, -0.2) is 13.2 Å². The van der Waals surface area contributed by atoms with E-state index >= 15 is 0 Å². The summed E-state index contributed by atoms with van der Waals surface area (Å²) >= 11 is 5.80. The van der Waals surface area contributed by atoms with E-state index in [1.54, 1.807) is 6.07 Å². The summed E-state index contributed by atoms with van der Waals surface area (Å²) < 4.78 is 24.3. The predicted octanol–water partition coefficient (Wildman–Crippen LogP) is 4.12. The first-order valence-corrected chi connectivity index (χ1v) is 7.51. The fourth-order valence-corrected chi connectivity index (χ4v) is 2.68. The largest absolute Gasteiger partial charge is 0.493 e. The van der Waals surface area contributed by atoms with Crippen LogP contribution in [0.25, 0.3) is 0 Å². The second-order valence-electron chi connectivity index (χ2n) is 5.02. The summed E-state index contributed by atoms with van der Waals surface area (Å²) in [5, 5.41) is 0. The lowest BCUT2D eigenvalue weighted by Crippen LogP contribution is -2.03. The molecule has 21 heavy (non-hydrogen) atoms. The highest BCUT2D eigenvalue weighted by atomic mass is 35.5. The van der Waals surface area contributed by atoms with Crippen molar-refractivity contribution in [2.45, 2.75) is 18.7 Å². The van der Waals surface area contributed by atoms with Crippen LogP contribution in [0.5, 0.6) is 11.5 Å². The standard InChI is InChI=1S/C17H16ClFO2/c18-11-14-10-15(19)2-4-17(14)20-7-5-12-1-3-16-13(9-12)6-8-21-16/h1-4,9-10H,5-8,11H2. The molecule has 2 aromatic rings. The zero-order chi connectivity index (χ0) is 14.7. The van der Waals surface area contributed by atoms with Crippen LogP contribution in [0.15, 0.2) is 36.4 Å². The van der Waals surface area contributed by atoms with Gasteiger partial charge in [-0.05, 0) is 35.4 Å². The van der Waals surface area contributed by atoms with Gasteiger partial charge in [0.15, 0.2) is 0 Å². The molecule has 1 heterocycles. The van der Waals surface area contributed by atoms with Crippen molar-refractivity contribution in [1.29, 1.82) is 0 Å². The molecule has 0 aromatic heterocycles. The summed E-state index contributed by atoms with van der Waals surface area (Å²) in [5.41, 5.74) is 3.16. The van der Waals surface area contributed by atoms with E-state index in [-0.39, 0.29) is 11.7 Å². The Bertz CT molecular complexity index is 643. The van der Waals surface area contributed by atoms with Crippen LogP contribution in [0, 0.1) is 5.82 Å². The monoisotopic (exact) mass is 306 g/mol. The number of ether oxygens (including phenoxy) is 2. The van der Waals surface area contributed by atoms with Gasteiger partial charge in [-0.2, -0.15) is 0 Å². The van der Waals surface area contributed by atoms with Gasteiger partial charge in [0.25, 0.3) is 0 Å². The maximum atomic E-state index is 13.1. The lowest BCUT2D eigenvalue weighted by atomic mass is 10.1. The zero-order valence-electron chi connectivity index (χ0n) is 11.6. The van der Waals surface area contributed by atoms with Crippen LogP contribution in [-0.2, 0) is 18.7 Å². The lowest BCUT2D eigenvalue weighted by molar-refractivity contribution is 0.319. The number of benzene rings is 2. The average molecular weight is 307 g/mol. The van der Waals surface area contributed by atoms with Crippen molar-refractivity contribution in [2.24, 2.45) is 0 Å². The van der Waals surface area contributed by atoms with Gasteiger partial charge in [0, 0.05) is 18.4 Å². The normalized spacial score (nSPS) is 12.9. The first kappa shape index (κ1) is 14.2. The Hall–Kier alpha value is -1.74. The molecule has 0 aliphatic carbocycles. The molecule has 0 amide bonds. The van der Waals surface area contributed by atoms with E-state index in [1.165, 1.54) is 23.3 Å². The summed E-state index contributed by atoms with van der Waals surface area (Å²) in [6, 6.07) is 10.7. The Morgan fingerprint density at radius 1 is 1.19 bits per heavy atom. The number of alkyl halides is 1. The second kappa shape index (κ2) is 6.35. The maximum absolute atomic E-state index is 13.1. The fraction of sp³-hybridized carbons (Fsp3) is 0.294. The van der Waals surface area contributed by atoms with Gasteiger partial charge in [0.05, 0.1) is 19.1 Å². The molecule has 1 aliphatic rings. The molecule has 0 atom stereocenters. The van der Waals surface area contributed by atoms with Crippen LogP contribution in [0.1, 0.15) is 16.7 Å². The molecule has 0 unspecified atom stereocenters. The van der Waals surface area contributed by atoms with Gasteiger partial charge in [-0.1, -0.05) is 12.1 Å². The number of rotatable bonds is 5. The highest BCUT2D eigenvalue weighted by Gasteiger charge is 2.12. The van der Waals surface area contributed by atoms with Gasteiger partial charge < -0.3 is 9.47 Å². The molecule has 2 nitrogen and oxygen atoms in total. The molecule has 0 spiro atoms. The van der Waals surface area contributed by atoms with E-state index in [2.05, 4.69) is 12.1 Å². The highest BCUT2D eigenvalue weighted by Crippen LogP contribution is 2.26. The molecule has 0 fully saturated rings. The topological polar surface area (TPSA) is 18.5 Å². The lowest BCUT2D eigenvalue weighted by Gasteiger charge is -2.10. The fourth-order valence-electron chi connectivity index (χ4n) is 2.47. The first-order valence-electron chi connectivity index (χ1n) is 6.98. The van der Waals surface area contributed by atoms with Crippen molar-refractivity contribution < 1.29 is 13.9 Å². The van der Waals surface area contributed by atoms with Gasteiger partial charge in [0.2, 0.25) is 0 Å². The summed E-state index contributed by atoms with van der Waals surface area (Å²) in [4.78, 5) is 0. The van der Waals surface area contributed by atoms with Crippen molar-refractivity contribution in [2.75, 3.05) is 13.2 Å². The van der Waals surface area contributed by atoms with Gasteiger partial charge in [0.1, 0.15) is 17.3 Å². The summed E-state index contributed by atoms with van der Waals surface area (Å²) in [7, 11) is 0. The summed E-state index contributed by atoms with van der Waals surface area (Å²) in [6.45, 7) is 1.30. The van der Waals surface area contributed by atoms with Gasteiger partial charge in [-0.3, -0.25) is 0 Å². The third-order valence-electron chi connectivity index (χ3n) is 3.57. The molecule has 0 radical (unpaired) electrons. The third kappa shape index (κ3) is 3.30. The van der Waals surface area contributed by atoms with Gasteiger partial charge >= 0.3 is 0 Å². The Kier molecular flexibility index (Phi) is 4.30.